The normalized spacial score (nSPS) is 16.7. The van der Waals surface area contributed by atoms with Crippen LogP contribution in [0.5, 0.6) is 11.5 Å². The van der Waals surface area contributed by atoms with Gasteiger partial charge in [0, 0.05) is 13.1 Å². The molecule has 0 spiro atoms. The average Bonchev–Trinajstić information content (AvgIpc) is 2.96. The molecule has 1 saturated heterocycles. The minimum Gasteiger partial charge on any atom is -0.497 e. The Bertz CT molecular complexity index is 1110. The van der Waals surface area contributed by atoms with E-state index in [4.69, 9.17) is 14.2 Å². The van der Waals surface area contributed by atoms with Crippen molar-refractivity contribution in [2.45, 2.75) is 76.7 Å². The molecule has 3 aromatic rings. The predicted octanol–water partition coefficient (Wildman–Crippen LogP) is 7.22. The lowest BCUT2D eigenvalue weighted by molar-refractivity contribution is -0.147. The summed E-state index contributed by atoms with van der Waals surface area (Å²) in [5.41, 5.74) is 3.55. The number of rotatable bonds is 10. The topological polar surface area (TPSA) is 51.2 Å². The molecule has 0 radical (unpaired) electrons. The molecule has 210 valence electrons. The van der Waals surface area contributed by atoms with Crippen molar-refractivity contribution in [3.05, 3.63) is 95.1 Å². The van der Waals surface area contributed by atoms with E-state index in [1.807, 2.05) is 24.3 Å². The fraction of sp³-hybridized carbons (Fsp3) is 0.471. The molecule has 0 amide bonds. The van der Waals surface area contributed by atoms with Crippen LogP contribution in [0.15, 0.2) is 72.8 Å². The van der Waals surface area contributed by atoms with Crippen LogP contribution in [0.3, 0.4) is 0 Å². The first kappa shape index (κ1) is 29.1. The van der Waals surface area contributed by atoms with Crippen LogP contribution < -0.4 is 9.47 Å². The van der Waals surface area contributed by atoms with Gasteiger partial charge in [-0.25, -0.2) is 0 Å². The van der Waals surface area contributed by atoms with Gasteiger partial charge in [0.05, 0.1) is 20.3 Å². The summed E-state index contributed by atoms with van der Waals surface area (Å²) in [5.74, 6) is 1.65. The largest absolute Gasteiger partial charge is 0.497 e. The highest BCUT2D eigenvalue weighted by molar-refractivity contribution is 5.37. The molecule has 1 heterocycles. The average molecular weight is 532 g/mol. The van der Waals surface area contributed by atoms with E-state index in [0.717, 1.165) is 60.5 Å². The summed E-state index contributed by atoms with van der Waals surface area (Å²) in [4.78, 5) is 2.25. The van der Waals surface area contributed by atoms with Crippen LogP contribution in [0.4, 0.5) is 0 Å². The molecule has 1 aliphatic rings. The van der Waals surface area contributed by atoms with Gasteiger partial charge in [-0.2, -0.15) is 0 Å². The summed E-state index contributed by atoms with van der Waals surface area (Å²) in [5, 5.41) is 12.0. The van der Waals surface area contributed by atoms with Gasteiger partial charge >= 0.3 is 0 Å². The molecule has 5 heteroatoms. The van der Waals surface area contributed by atoms with E-state index in [1.165, 1.54) is 5.56 Å². The van der Waals surface area contributed by atoms with Gasteiger partial charge in [0.25, 0.3) is 0 Å². The van der Waals surface area contributed by atoms with Crippen molar-refractivity contribution in [3.8, 4) is 11.5 Å². The molecule has 4 rings (SSSR count). The number of benzene rings is 3. The maximum atomic E-state index is 12.0. The Morgan fingerprint density at radius 1 is 0.769 bits per heavy atom. The third-order valence-electron chi connectivity index (χ3n) is 7.94. The molecular formula is C34H45NO4. The SMILES string of the molecule is CCCC(O)(c1ccc(C(C)(C)C)cc1)N1CCC(OC(c2ccc(OC)cc2)c2ccc(OC)cc2)CC1. The lowest BCUT2D eigenvalue weighted by Crippen LogP contribution is -2.51. The van der Waals surface area contributed by atoms with E-state index in [-0.39, 0.29) is 17.6 Å². The second-order valence-corrected chi connectivity index (χ2v) is 11.6. The lowest BCUT2D eigenvalue weighted by atomic mass is 9.85. The fourth-order valence-electron chi connectivity index (χ4n) is 5.53. The van der Waals surface area contributed by atoms with Crippen molar-refractivity contribution in [2.75, 3.05) is 27.3 Å². The molecule has 5 nitrogen and oxygen atoms in total. The second-order valence-electron chi connectivity index (χ2n) is 11.6. The number of hydrogen-bond acceptors (Lipinski definition) is 5. The molecule has 0 bridgehead atoms. The van der Waals surface area contributed by atoms with Gasteiger partial charge in [0.15, 0.2) is 0 Å². The third kappa shape index (κ3) is 6.84. The van der Waals surface area contributed by atoms with Crippen LogP contribution in [0.25, 0.3) is 0 Å². The van der Waals surface area contributed by atoms with Gasteiger partial charge in [-0.1, -0.05) is 82.6 Å². The van der Waals surface area contributed by atoms with Gasteiger partial charge < -0.3 is 19.3 Å². The van der Waals surface area contributed by atoms with Crippen molar-refractivity contribution in [1.82, 2.24) is 4.90 Å². The number of hydrogen-bond donors (Lipinski definition) is 1. The van der Waals surface area contributed by atoms with E-state index in [9.17, 15) is 5.11 Å². The third-order valence-corrected chi connectivity index (χ3v) is 7.94. The van der Waals surface area contributed by atoms with Crippen LogP contribution in [0, 0.1) is 0 Å². The summed E-state index contributed by atoms with van der Waals surface area (Å²) in [7, 11) is 3.36. The van der Waals surface area contributed by atoms with Crippen molar-refractivity contribution in [3.63, 3.8) is 0 Å². The standard InChI is InChI=1S/C34H45NO4/c1-7-22-34(36,28-14-12-27(13-15-28)33(2,3)4)35-23-20-31(21-24-35)39-32(25-8-16-29(37-5)17-9-25)26-10-18-30(38-6)19-11-26/h8-19,31-32,36H,7,20-24H2,1-6H3. The highest BCUT2D eigenvalue weighted by atomic mass is 16.5. The Morgan fingerprint density at radius 2 is 1.23 bits per heavy atom. The van der Waals surface area contributed by atoms with Gasteiger partial charge in [-0.3, -0.25) is 4.90 Å². The fourth-order valence-corrected chi connectivity index (χ4v) is 5.53. The van der Waals surface area contributed by atoms with Crippen LogP contribution in [-0.4, -0.2) is 43.4 Å². The zero-order valence-corrected chi connectivity index (χ0v) is 24.4. The number of ether oxygens (including phenoxy) is 3. The second kappa shape index (κ2) is 12.5. The molecule has 1 fully saturated rings. The smallest absolute Gasteiger partial charge is 0.144 e. The first-order valence-electron chi connectivity index (χ1n) is 14.2. The molecule has 1 N–H and O–H groups in total. The first-order chi connectivity index (χ1) is 18.7. The molecule has 0 saturated carbocycles. The maximum absolute atomic E-state index is 12.0. The van der Waals surface area contributed by atoms with Crippen molar-refractivity contribution in [2.24, 2.45) is 0 Å². The summed E-state index contributed by atoms with van der Waals surface area (Å²) >= 11 is 0. The molecule has 0 aliphatic carbocycles. The highest BCUT2D eigenvalue weighted by Gasteiger charge is 2.38. The summed E-state index contributed by atoms with van der Waals surface area (Å²) < 4.78 is 17.5. The Kier molecular flexibility index (Phi) is 9.37. The van der Waals surface area contributed by atoms with Crippen LogP contribution >= 0.6 is 0 Å². The predicted molar refractivity (Wildman–Crippen MR) is 157 cm³/mol. The van der Waals surface area contributed by atoms with Crippen molar-refractivity contribution < 1.29 is 19.3 Å². The van der Waals surface area contributed by atoms with Gasteiger partial charge in [-0.15, -0.1) is 0 Å². The summed E-state index contributed by atoms with van der Waals surface area (Å²) in [6.07, 6.45) is 3.21. The highest BCUT2D eigenvalue weighted by Crippen LogP contribution is 2.37. The number of aliphatic hydroxyl groups is 1. The van der Waals surface area contributed by atoms with Crippen LogP contribution in [-0.2, 0) is 15.9 Å². The number of likely N-dealkylation sites (tertiary alicyclic amines) is 1. The number of nitrogens with zero attached hydrogens (tertiary/aromatic N) is 1. The van der Waals surface area contributed by atoms with Crippen LogP contribution in [0.2, 0.25) is 0 Å². The Hall–Kier alpha value is -2.86. The molecule has 3 aromatic carbocycles. The molecular weight excluding hydrogens is 486 g/mol. The molecule has 39 heavy (non-hydrogen) atoms. The van der Waals surface area contributed by atoms with E-state index in [1.54, 1.807) is 14.2 Å². The zero-order chi connectivity index (χ0) is 28.0. The Balaban J connectivity index is 1.50. The molecule has 1 unspecified atom stereocenters. The first-order valence-corrected chi connectivity index (χ1v) is 14.2. The van der Waals surface area contributed by atoms with E-state index in [0.29, 0.717) is 6.42 Å². The van der Waals surface area contributed by atoms with E-state index >= 15 is 0 Å². The van der Waals surface area contributed by atoms with Crippen molar-refractivity contribution in [1.29, 1.82) is 0 Å². The molecule has 1 atom stereocenters. The van der Waals surface area contributed by atoms with E-state index in [2.05, 4.69) is 81.1 Å². The van der Waals surface area contributed by atoms with Crippen molar-refractivity contribution >= 4 is 0 Å². The lowest BCUT2D eigenvalue weighted by Gasteiger charge is -2.44. The Labute approximate surface area is 234 Å². The minimum atomic E-state index is -0.971. The van der Waals surface area contributed by atoms with Gasteiger partial charge in [-0.05, 0) is 71.2 Å². The van der Waals surface area contributed by atoms with Gasteiger partial charge in [0.1, 0.15) is 23.3 Å². The molecule has 1 aliphatic heterocycles. The maximum Gasteiger partial charge on any atom is 0.144 e. The monoisotopic (exact) mass is 531 g/mol. The number of methoxy groups -OCH3 is 2. The minimum absolute atomic E-state index is 0.0847. The van der Waals surface area contributed by atoms with Gasteiger partial charge in [0.2, 0.25) is 0 Å². The van der Waals surface area contributed by atoms with E-state index < -0.39 is 5.72 Å². The quantitative estimate of drug-likeness (QED) is 0.299. The summed E-state index contributed by atoms with van der Waals surface area (Å²) in [6.45, 7) is 10.3. The zero-order valence-electron chi connectivity index (χ0n) is 24.4. The van der Waals surface area contributed by atoms with Crippen LogP contribution in [0.1, 0.15) is 81.7 Å². The summed E-state index contributed by atoms with van der Waals surface area (Å²) in [6, 6.07) is 24.8. The molecule has 0 aromatic heterocycles. The number of piperidine rings is 1. The Morgan fingerprint density at radius 3 is 1.64 bits per heavy atom.